The van der Waals surface area contributed by atoms with Crippen LogP contribution in [0.3, 0.4) is 0 Å². The average molecular weight is 577 g/mol. The number of hydrogen-bond donors (Lipinski definition) is 1. The van der Waals surface area contributed by atoms with Crippen molar-refractivity contribution in [2.75, 3.05) is 20.3 Å². The maximum Gasteiger partial charge on any atom is 0.338 e. The third-order valence-corrected chi connectivity index (χ3v) is 13.0. The Balaban J connectivity index is 1.42. The van der Waals surface area contributed by atoms with E-state index in [1.807, 2.05) is 18.2 Å². The van der Waals surface area contributed by atoms with E-state index in [-0.39, 0.29) is 17.7 Å². The molecule has 3 aromatic carbocycles. The molecular weight excluding hydrogens is 532 g/mol. The maximum atomic E-state index is 12.3. The quantitative estimate of drug-likeness (QED) is 0.228. The Labute approximate surface area is 245 Å². The number of benzene rings is 3. The first-order valence-electron chi connectivity index (χ1n) is 14.6. The summed E-state index contributed by atoms with van der Waals surface area (Å²) in [6, 6.07) is 30.0. The Bertz CT molecular complexity index is 1170. The number of hydrogen-bond acceptors (Lipinski definition) is 6. The zero-order valence-electron chi connectivity index (χ0n) is 24.8. The molecule has 6 nitrogen and oxygen atoms in total. The van der Waals surface area contributed by atoms with Crippen molar-refractivity contribution >= 4 is 24.7 Å². The van der Waals surface area contributed by atoms with Gasteiger partial charge in [-0.2, -0.15) is 0 Å². The van der Waals surface area contributed by atoms with E-state index in [1.54, 1.807) is 31.4 Å². The molecule has 3 aromatic rings. The number of rotatable bonds is 12. The predicted molar refractivity (Wildman–Crippen MR) is 164 cm³/mol. The fourth-order valence-corrected chi connectivity index (χ4v) is 10.4. The lowest BCUT2D eigenvalue weighted by Gasteiger charge is -2.45. The van der Waals surface area contributed by atoms with Gasteiger partial charge in [-0.15, -0.1) is 0 Å². The average Bonchev–Trinajstić information content (AvgIpc) is 3.00. The number of methoxy groups -OCH3 is 1. The van der Waals surface area contributed by atoms with Crippen molar-refractivity contribution in [2.24, 2.45) is 0 Å². The molecule has 1 heterocycles. The summed E-state index contributed by atoms with van der Waals surface area (Å²) >= 11 is 0. The first-order valence-corrected chi connectivity index (χ1v) is 16.5. The van der Waals surface area contributed by atoms with E-state index in [0.717, 1.165) is 19.3 Å². The van der Waals surface area contributed by atoms with E-state index in [0.29, 0.717) is 25.0 Å². The van der Waals surface area contributed by atoms with Gasteiger partial charge < -0.3 is 23.7 Å². The molecule has 4 rings (SSSR count). The van der Waals surface area contributed by atoms with Crippen LogP contribution in [-0.4, -0.2) is 57.7 Å². The summed E-state index contributed by atoms with van der Waals surface area (Å²) in [6.45, 7) is 7.19. The summed E-state index contributed by atoms with van der Waals surface area (Å²) in [6.07, 6.45) is 2.46. The van der Waals surface area contributed by atoms with Gasteiger partial charge in [-0.1, -0.05) is 99.6 Å². The largest absolute Gasteiger partial charge is 0.459 e. The second kappa shape index (κ2) is 13.9. The lowest BCUT2D eigenvalue weighted by Crippen LogP contribution is -2.67. The van der Waals surface area contributed by atoms with E-state index in [9.17, 15) is 9.90 Å². The molecule has 1 aliphatic rings. The van der Waals surface area contributed by atoms with E-state index in [2.05, 4.69) is 69.3 Å². The van der Waals surface area contributed by atoms with Crippen LogP contribution < -0.4 is 10.4 Å². The van der Waals surface area contributed by atoms with Crippen LogP contribution in [0.2, 0.25) is 5.04 Å². The highest BCUT2D eigenvalue weighted by molar-refractivity contribution is 6.99. The first-order chi connectivity index (χ1) is 19.7. The van der Waals surface area contributed by atoms with E-state index >= 15 is 0 Å². The molecule has 0 aliphatic carbocycles. The minimum atomic E-state index is -2.69. The van der Waals surface area contributed by atoms with Crippen LogP contribution in [0.15, 0.2) is 91.0 Å². The van der Waals surface area contributed by atoms with Crippen molar-refractivity contribution in [1.82, 2.24) is 0 Å². The summed E-state index contributed by atoms with van der Waals surface area (Å²) in [4.78, 5) is 12.3. The highest BCUT2D eigenvalue weighted by Gasteiger charge is 2.51. The van der Waals surface area contributed by atoms with Gasteiger partial charge in [-0.05, 0) is 46.8 Å². The third kappa shape index (κ3) is 7.53. The molecule has 0 aromatic heterocycles. The molecule has 0 saturated carbocycles. The summed E-state index contributed by atoms with van der Waals surface area (Å²) < 4.78 is 25.0. The van der Waals surface area contributed by atoms with Gasteiger partial charge in [-0.3, -0.25) is 0 Å². The summed E-state index contributed by atoms with van der Waals surface area (Å²) in [7, 11) is -1.03. The van der Waals surface area contributed by atoms with Gasteiger partial charge in [0.05, 0.1) is 24.4 Å². The minimum absolute atomic E-state index is 0.0755. The van der Waals surface area contributed by atoms with Crippen molar-refractivity contribution in [1.29, 1.82) is 0 Å². The lowest BCUT2D eigenvalue weighted by atomic mass is 9.96. The number of aliphatic hydroxyl groups is 1. The summed E-state index contributed by atoms with van der Waals surface area (Å²) in [5.41, 5.74) is 0.465. The molecule has 1 fully saturated rings. The van der Waals surface area contributed by atoms with Crippen LogP contribution in [0, 0.1) is 0 Å². The molecule has 1 N–H and O–H groups in total. The molecule has 0 spiro atoms. The van der Waals surface area contributed by atoms with Crippen molar-refractivity contribution in [3.63, 3.8) is 0 Å². The van der Waals surface area contributed by atoms with Gasteiger partial charge in [0.15, 0.2) is 5.79 Å². The van der Waals surface area contributed by atoms with Gasteiger partial charge in [0.25, 0.3) is 8.32 Å². The van der Waals surface area contributed by atoms with Crippen molar-refractivity contribution in [3.05, 3.63) is 96.6 Å². The van der Waals surface area contributed by atoms with Crippen LogP contribution in [0.4, 0.5) is 0 Å². The molecule has 1 saturated heterocycles. The predicted octanol–water partition coefficient (Wildman–Crippen LogP) is 5.47. The van der Waals surface area contributed by atoms with Gasteiger partial charge in [0.1, 0.15) is 6.61 Å². The minimum Gasteiger partial charge on any atom is -0.459 e. The topological polar surface area (TPSA) is 74.2 Å². The second-order valence-electron chi connectivity index (χ2n) is 11.9. The number of carbonyl (C=O) groups excluding carboxylic acids is 1. The number of aliphatic hydroxyl groups excluding tert-OH is 1. The highest BCUT2D eigenvalue weighted by Crippen LogP contribution is 2.39. The molecule has 220 valence electrons. The van der Waals surface area contributed by atoms with Crippen LogP contribution in [-0.2, 0) is 18.6 Å². The molecular formula is C34H44O6Si. The van der Waals surface area contributed by atoms with Crippen molar-refractivity contribution < 1.29 is 28.5 Å². The zero-order chi connectivity index (χ0) is 29.3. The van der Waals surface area contributed by atoms with E-state index in [4.69, 9.17) is 18.6 Å². The zero-order valence-corrected chi connectivity index (χ0v) is 25.8. The molecule has 0 unspecified atom stereocenters. The van der Waals surface area contributed by atoms with Crippen LogP contribution >= 0.6 is 0 Å². The van der Waals surface area contributed by atoms with Gasteiger partial charge in [0.2, 0.25) is 0 Å². The lowest BCUT2D eigenvalue weighted by molar-refractivity contribution is -0.277. The normalized spacial score (nSPS) is 20.4. The third-order valence-electron chi connectivity index (χ3n) is 8.01. The number of carbonyl (C=O) groups is 1. The van der Waals surface area contributed by atoms with Crippen molar-refractivity contribution in [3.8, 4) is 0 Å². The SMILES string of the molecule is CO[C@]1(CC[C@@H](O)COC(=O)c2ccccc2)CCC[C@@H](CO[Si](c2ccccc2)(c2ccccc2)C(C)(C)C)O1. The summed E-state index contributed by atoms with van der Waals surface area (Å²) in [5, 5.41) is 12.9. The second-order valence-corrected chi connectivity index (χ2v) is 16.2. The Morgan fingerprint density at radius 1 is 0.976 bits per heavy atom. The Morgan fingerprint density at radius 2 is 1.54 bits per heavy atom. The molecule has 0 bridgehead atoms. The molecule has 7 heteroatoms. The van der Waals surface area contributed by atoms with E-state index < -0.39 is 26.2 Å². The van der Waals surface area contributed by atoms with E-state index in [1.165, 1.54) is 10.4 Å². The molecule has 3 atom stereocenters. The highest BCUT2D eigenvalue weighted by atomic mass is 28.4. The van der Waals surface area contributed by atoms with Crippen molar-refractivity contribution in [2.45, 2.75) is 75.9 Å². The fraction of sp³-hybridized carbons (Fsp3) is 0.441. The monoisotopic (exact) mass is 576 g/mol. The summed E-state index contributed by atoms with van der Waals surface area (Å²) in [5.74, 6) is -1.26. The molecule has 41 heavy (non-hydrogen) atoms. The smallest absolute Gasteiger partial charge is 0.338 e. The van der Waals surface area contributed by atoms with Crippen LogP contribution in [0.1, 0.15) is 63.2 Å². The standard InChI is InChI=1S/C34H44O6Si/c1-33(2,3)41(30-18-10-6-11-19-30,31-20-12-7-13-21-31)39-26-29-17-14-23-34(37-4,40-29)24-22-28(35)25-38-32(36)27-15-8-5-9-16-27/h5-13,15-16,18-21,28-29,35H,14,17,22-26H2,1-4H3/t28-,29+,34-/m1/s1. The molecule has 1 aliphatic heterocycles. The van der Waals surface area contributed by atoms with Gasteiger partial charge in [0, 0.05) is 20.0 Å². The molecule has 0 radical (unpaired) electrons. The van der Waals surface area contributed by atoms with Crippen LogP contribution in [0.25, 0.3) is 0 Å². The number of ether oxygens (including phenoxy) is 3. The molecule has 0 amide bonds. The van der Waals surface area contributed by atoms with Gasteiger partial charge in [-0.25, -0.2) is 4.79 Å². The fourth-order valence-electron chi connectivity index (χ4n) is 5.85. The van der Waals surface area contributed by atoms with Crippen LogP contribution in [0.5, 0.6) is 0 Å². The maximum absolute atomic E-state index is 12.3. The number of esters is 1. The van der Waals surface area contributed by atoms with Gasteiger partial charge >= 0.3 is 5.97 Å². The Hall–Kier alpha value is -2.81. The Morgan fingerprint density at radius 3 is 2.07 bits per heavy atom. The first kappa shape index (κ1) is 31.1. The Kier molecular flexibility index (Phi) is 10.6.